The molecule has 226 valence electrons. The Kier molecular flexibility index (Phi) is 13.7. The van der Waals surface area contributed by atoms with Crippen molar-refractivity contribution in [3.05, 3.63) is 36.1 Å². The van der Waals surface area contributed by atoms with E-state index in [0.717, 1.165) is 33.2 Å². The Balaban J connectivity index is 0.000000975. The summed E-state index contributed by atoms with van der Waals surface area (Å²) in [5.41, 5.74) is 13.5. The lowest BCUT2D eigenvalue weighted by molar-refractivity contribution is -0.276. The van der Waals surface area contributed by atoms with Gasteiger partial charge in [0.2, 0.25) is 0 Å². The summed E-state index contributed by atoms with van der Waals surface area (Å²) in [6.07, 6.45) is -1.89. The lowest BCUT2D eigenvalue weighted by Gasteiger charge is -2.37. The van der Waals surface area contributed by atoms with E-state index in [-0.39, 0.29) is 0 Å². The number of hydrogen-bond acceptors (Lipinski definition) is 8. The molecule has 0 spiro atoms. The van der Waals surface area contributed by atoms with E-state index >= 15 is 0 Å². The summed E-state index contributed by atoms with van der Waals surface area (Å²) >= 11 is 0. The first-order chi connectivity index (χ1) is 18.3. The number of nitrogens with one attached hydrogen (secondary N) is 2. The van der Waals surface area contributed by atoms with Gasteiger partial charge in [0.1, 0.15) is 12.4 Å². The van der Waals surface area contributed by atoms with Crippen LogP contribution in [0.4, 0.5) is 22.0 Å². The Hall–Kier alpha value is -1.90. The van der Waals surface area contributed by atoms with E-state index < -0.39 is 77.4 Å². The third kappa shape index (κ3) is 7.25. The van der Waals surface area contributed by atoms with Crippen LogP contribution in [0.3, 0.4) is 0 Å². The molecule has 0 radical (unpaired) electrons. The fourth-order valence-corrected chi connectivity index (χ4v) is 5.55. The van der Waals surface area contributed by atoms with Gasteiger partial charge in [-0.3, -0.25) is 0 Å². The molecule has 3 rings (SSSR count). The van der Waals surface area contributed by atoms with Crippen LogP contribution in [0.25, 0.3) is 0 Å². The van der Waals surface area contributed by atoms with Crippen molar-refractivity contribution in [1.29, 1.82) is 0 Å². The van der Waals surface area contributed by atoms with Gasteiger partial charge in [-0.2, -0.15) is 13.2 Å². The minimum absolute atomic E-state index is 0.575. The third-order valence-corrected chi connectivity index (χ3v) is 7.75. The van der Waals surface area contributed by atoms with Crippen LogP contribution in [-0.4, -0.2) is 75.6 Å². The number of methoxy groups -OCH3 is 1. The Morgan fingerprint density at radius 1 is 1.23 bits per heavy atom. The Morgan fingerprint density at radius 3 is 2.26 bits per heavy atom. The summed E-state index contributed by atoms with van der Waals surface area (Å²) in [6, 6.07) is -2.25. The fourth-order valence-electron chi connectivity index (χ4n) is 5.55. The van der Waals surface area contributed by atoms with Crippen LogP contribution in [-0.2, 0) is 14.3 Å². The average molecular weight is 570 g/mol. The third-order valence-electron chi connectivity index (χ3n) is 7.75. The van der Waals surface area contributed by atoms with E-state index in [0.29, 0.717) is 6.29 Å². The molecule has 3 aliphatic rings. The van der Waals surface area contributed by atoms with Crippen molar-refractivity contribution >= 4 is 6.29 Å². The van der Waals surface area contributed by atoms with Gasteiger partial charge in [-0.1, -0.05) is 32.9 Å². The predicted octanol–water partition coefficient (Wildman–Crippen LogP) is 2.46. The van der Waals surface area contributed by atoms with E-state index in [1.807, 2.05) is 0 Å². The number of ether oxygens (including phenoxy) is 2. The highest BCUT2D eigenvalue weighted by Crippen LogP contribution is 2.55. The van der Waals surface area contributed by atoms with Crippen LogP contribution >= 0.6 is 0 Å². The quantitative estimate of drug-likeness (QED) is 0.233. The zero-order valence-electron chi connectivity index (χ0n) is 23.3. The molecule has 13 heteroatoms. The molecule has 0 aromatic rings. The van der Waals surface area contributed by atoms with Crippen LogP contribution in [0.5, 0.6) is 0 Å². The monoisotopic (exact) mass is 569 g/mol. The number of allylic oxidation sites excluding steroid dienone is 2. The van der Waals surface area contributed by atoms with Crippen LogP contribution in [0.2, 0.25) is 0 Å². The SMILES string of the molecule is CCNCC.CN.COC1C(F)=C(F)C=CC1C1C(C)[C@](C)(C(F)(F)F)O[C@H]1C1NC(/C=C\N)C(N)[C@@H]1C=O. The molecule has 2 aliphatic heterocycles. The van der Waals surface area contributed by atoms with Crippen molar-refractivity contribution in [3.63, 3.8) is 0 Å². The molecule has 8 nitrogen and oxygen atoms in total. The van der Waals surface area contributed by atoms with Crippen LogP contribution < -0.4 is 27.8 Å². The molecule has 2 saturated heterocycles. The van der Waals surface area contributed by atoms with Gasteiger partial charge in [0.15, 0.2) is 17.3 Å². The first-order valence-electron chi connectivity index (χ1n) is 13.0. The maximum absolute atomic E-state index is 14.5. The molecule has 39 heavy (non-hydrogen) atoms. The van der Waals surface area contributed by atoms with Crippen molar-refractivity contribution in [2.24, 2.45) is 40.9 Å². The highest BCUT2D eigenvalue weighted by Gasteiger charge is 2.67. The van der Waals surface area contributed by atoms with Crippen LogP contribution in [0, 0.1) is 23.7 Å². The molecular formula is C26H44F5N5O3. The molecule has 0 amide bonds. The molecule has 8 N–H and O–H groups in total. The van der Waals surface area contributed by atoms with E-state index in [4.69, 9.17) is 20.9 Å². The Labute approximate surface area is 227 Å². The van der Waals surface area contributed by atoms with Gasteiger partial charge in [-0.25, -0.2) is 8.78 Å². The number of halogens is 5. The van der Waals surface area contributed by atoms with Gasteiger partial charge in [-0.05, 0) is 45.3 Å². The van der Waals surface area contributed by atoms with Crippen molar-refractivity contribution < 1.29 is 36.2 Å². The number of carbonyl (C=O) groups is 1. The molecule has 0 bridgehead atoms. The molecular weight excluding hydrogens is 525 g/mol. The van der Waals surface area contributed by atoms with Crippen LogP contribution in [0.1, 0.15) is 27.7 Å². The summed E-state index contributed by atoms with van der Waals surface area (Å²) in [6.45, 7) is 8.67. The molecule has 2 fully saturated rings. The summed E-state index contributed by atoms with van der Waals surface area (Å²) in [7, 11) is 2.65. The van der Waals surface area contributed by atoms with E-state index in [1.165, 1.54) is 32.3 Å². The molecule has 0 aromatic heterocycles. The number of aldehydes is 1. The second-order valence-corrected chi connectivity index (χ2v) is 9.69. The Bertz CT molecular complexity index is 869. The van der Waals surface area contributed by atoms with Crippen LogP contribution in [0.15, 0.2) is 36.1 Å². The van der Waals surface area contributed by atoms with Gasteiger partial charge >= 0.3 is 6.18 Å². The molecule has 0 saturated carbocycles. The van der Waals surface area contributed by atoms with Gasteiger partial charge in [0.05, 0.1) is 6.10 Å². The van der Waals surface area contributed by atoms with Crippen molar-refractivity contribution in [2.75, 3.05) is 27.2 Å². The Morgan fingerprint density at radius 2 is 1.82 bits per heavy atom. The number of rotatable bonds is 7. The number of alkyl halides is 3. The van der Waals surface area contributed by atoms with Crippen molar-refractivity contribution in [1.82, 2.24) is 10.6 Å². The first-order valence-corrected chi connectivity index (χ1v) is 13.0. The summed E-state index contributed by atoms with van der Waals surface area (Å²) < 4.78 is 81.5. The second-order valence-electron chi connectivity index (χ2n) is 9.69. The first kappa shape index (κ1) is 35.1. The maximum Gasteiger partial charge on any atom is 0.417 e. The van der Waals surface area contributed by atoms with Gasteiger partial charge < -0.3 is 42.1 Å². The topological polar surface area (TPSA) is 138 Å². The average Bonchev–Trinajstić information content (AvgIpc) is 3.36. The van der Waals surface area contributed by atoms with E-state index in [1.54, 1.807) is 0 Å². The molecule has 1 aliphatic carbocycles. The minimum Gasteiger partial charge on any atom is -0.405 e. The normalized spacial score (nSPS) is 38.3. The largest absolute Gasteiger partial charge is 0.417 e. The smallest absolute Gasteiger partial charge is 0.405 e. The van der Waals surface area contributed by atoms with Crippen molar-refractivity contribution in [2.45, 2.75) is 69.8 Å². The molecule has 2 heterocycles. The molecule has 10 atom stereocenters. The highest BCUT2D eigenvalue weighted by molar-refractivity contribution is 5.58. The minimum atomic E-state index is -4.76. The van der Waals surface area contributed by atoms with E-state index in [9.17, 15) is 26.7 Å². The number of hydrogen-bond donors (Lipinski definition) is 5. The number of nitrogens with two attached hydrogens (primary N) is 3. The van der Waals surface area contributed by atoms with E-state index in [2.05, 4.69) is 30.2 Å². The predicted molar refractivity (Wildman–Crippen MR) is 141 cm³/mol. The lowest BCUT2D eigenvalue weighted by Crippen LogP contribution is -2.49. The highest BCUT2D eigenvalue weighted by atomic mass is 19.4. The zero-order valence-corrected chi connectivity index (χ0v) is 23.3. The molecule has 0 aromatic carbocycles. The van der Waals surface area contributed by atoms with Crippen molar-refractivity contribution in [3.8, 4) is 0 Å². The molecule has 7 unspecified atom stereocenters. The maximum atomic E-state index is 14.5. The fraction of sp³-hybridized carbons (Fsp3) is 0.731. The lowest BCUT2D eigenvalue weighted by atomic mass is 9.69. The zero-order chi connectivity index (χ0) is 30.1. The van der Waals surface area contributed by atoms with Gasteiger partial charge in [-0.15, -0.1) is 0 Å². The number of carbonyl (C=O) groups excluding carboxylic acids is 1. The van der Waals surface area contributed by atoms with Gasteiger partial charge in [0, 0.05) is 43.0 Å². The summed E-state index contributed by atoms with van der Waals surface area (Å²) in [5, 5.41) is 6.17. The standard InChI is InChI=1S/C21H28F5N3O3.C4H11N.CH5N/c1-9-14(10-4-5-12(22)15(23)18(10)31-3)19(32-20(9,2)21(24,25)26)17-11(8-30)16(28)13(29-17)6-7-27;1-3-5-4-2;1-2/h4-11,13-14,16-19,29H,27-28H2,1-3H3;5H,3-4H2,1-2H3;2H2,1H3/b7-6-;;/t9?,10?,11-,13?,14?,16?,17?,18?,19+,20+;;/m0../s1. The van der Waals surface area contributed by atoms with Gasteiger partial charge in [0.25, 0.3) is 0 Å². The second kappa shape index (κ2) is 15.2. The summed E-state index contributed by atoms with van der Waals surface area (Å²) in [4.78, 5) is 11.9. The summed E-state index contributed by atoms with van der Waals surface area (Å²) in [5.74, 6) is -6.36.